The van der Waals surface area contributed by atoms with Crippen molar-refractivity contribution in [3.05, 3.63) is 96.1 Å². The van der Waals surface area contributed by atoms with Gasteiger partial charge in [0.15, 0.2) is 34.5 Å². The fourth-order valence-corrected chi connectivity index (χ4v) is 8.19. The predicted octanol–water partition coefficient (Wildman–Crippen LogP) is -1.32. The van der Waals surface area contributed by atoms with Crippen molar-refractivity contribution < 1.29 is 134 Å². The van der Waals surface area contributed by atoms with E-state index in [1.807, 2.05) is 0 Å². The summed E-state index contributed by atoms with van der Waals surface area (Å²) < 4.78 is 51.4. The van der Waals surface area contributed by atoms with Crippen LogP contribution in [0.5, 0.6) is 51.7 Å². The molecule has 1 aromatic heterocycles. The van der Waals surface area contributed by atoms with E-state index < -0.39 is 170 Å². The van der Waals surface area contributed by atoms with Gasteiger partial charge in [-0.2, -0.15) is 0 Å². The fraction of sp³-hybridized carbons (Fsp3) is 0.353. The normalized spacial score (nSPS) is 29.3. The molecule has 418 valence electrons. The van der Waals surface area contributed by atoms with E-state index in [0.717, 1.165) is 48.6 Å². The molecule has 5 aromatic rings. The van der Waals surface area contributed by atoms with Gasteiger partial charge < -0.3 is 120 Å². The lowest BCUT2D eigenvalue weighted by Crippen LogP contribution is -2.60. The van der Waals surface area contributed by atoms with Gasteiger partial charge in [-0.15, -0.1) is 0 Å². The zero-order chi connectivity index (χ0) is 56.3. The number of aromatic hydroxyl groups is 6. The largest absolute Gasteiger partial charge is 0.507 e. The minimum absolute atomic E-state index is 0.0863. The number of hydrogen-bond donors (Lipinski definition) is 16. The minimum Gasteiger partial charge on any atom is -0.507 e. The lowest BCUT2D eigenvalue weighted by atomic mass is 9.99. The molecule has 0 amide bonds. The molecule has 3 fully saturated rings. The third-order valence-electron chi connectivity index (χ3n) is 12.5. The molecular weight excluding hydrogens is 1040 g/mol. The first kappa shape index (κ1) is 56.6. The summed E-state index contributed by atoms with van der Waals surface area (Å²) in [5, 5.41) is 168. The van der Waals surface area contributed by atoms with Crippen LogP contribution in [0, 0.1) is 0 Å². The van der Waals surface area contributed by atoms with Crippen molar-refractivity contribution in [2.24, 2.45) is 0 Å². The predicted molar refractivity (Wildman–Crippen MR) is 258 cm³/mol. The molecule has 3 aliphatic rings. The molecule has 4 aromatic carbocycles. The van der Waals surface area contributed by atoms with Gasteiger partial charge in [-0.05, 0) is 59.7 Å². The van der Waals surface area contributed by atoms with Gasteiger partial charge in [-0.1, -0.05) is 12.1 Å². The number of phenolic OH excluding ortho intramolecular Hbond substituents is 6. The fourth-order valence-electron chi connectivity index (χ4n) is 8.19. The number of aliphatic hydroxyl groups excluding tert-OH is 10. The van der Waals surface area contributed by atoms with E-state index in [1.165, 1.54) is 48.6 Å². The number of carbonyl (C=O) groups excluding carboxylic acids is 2. The van der Waals surface area contributed by atoms with Gasteiger partial charge in [0.05, 0.1) is 18.2 Å². The Labute approximate surface area is 438 Å². The van der Waals surface area contributed by atoms with E-state index in [4.69, 9.17) is 42.3 Å². The highest BCUT2D eigenvalue weighted by Gasteiger charge is 2.49. The maximum absolute atomic E-state index is 12.6. The van der Waals surface area contributed by atoms with Gasteiger partial charge in [0.1, 0.15) is 103 Å². The summed E-state index contributed by atoms with van der Waals surface area (Å²) in [4.78, 5) is 25.2. The number of ether oxygens (including phenoxy) is 8. The molecule has 3 aliphatic heterocycles. The summed E-state index contributed by atoms with van der Waals surface area (Å²) in [6, 6.07) is 14.1. The van der Waals surface area contributed by atoms with Crippen LogP contribution in [0.1, 0.15) is 11.1 Å². The van der Waals surface area contributed by atoms with Crippen molar-refractivity contribution >= 4 is 35.1 Å². The molecule has 0 aliphatic carbocycles. The quantitative estimate of drug-likeness (QED) is 0.0236. The van der Waals surface area contributed by atoms with Crippen LogP contribution in [-0.2, 0) is 33.3 Å². The highest BCUT2D eigenvalue weighted by atomic mass is 16.7. The van der Waals surface area contributed by atoms with E-state index in [-0.39, 0.29) is 28.0 Å². The van der Waals surface area contributed by atoms with Crippen LogP contribution in [0.15, 0.2) is 89.4 Å². The number of hydrogen-bond acceptors (Lipinski definition) is 26. The molecule has 4 heterocycles. The summed E-state index contributed by atoms with van der Waals surface area (Å²) in [6.07, 6.45) is -23.4. The maximum Gasteiger partial charge on any atom is 0.402 e. The summed E-state index contributed by atoms with van der Waals surface area (Å²) >= 11 is 0. The van der Waals surface area contributed by atoms with Crippen LogP contribution >= 0.6 is 0 Å². The second kappa shape index (κ2) is 24.0. The highest BCUT2D eigenvalue weighted by Crippen LogP contribution is 2.44. The molecule has 16 N–H and O–H groups in total. The van der Waals surface area contributed by atoms with Crippen LogP contribution in [0.3, 0.4) is 0 Å². The maximum atomic E-state index is 12.6. The second-order valence-electron chi connectivity index (χ2n) is 18.0. The topological polar surface area (TPSA) is 443 Å². The van der Waals surface area contributed by atoms with Gasteiger partial charge in [-0.25, -0.2) is 14.0 Å². The Morgan fingerprint density at radius 1 is 0.474 bits per heavy atom. The summed E-state index contributed by atoms with van der Waals surface area (Å²) in [5.41, 5.74) is 0.267. The zero-order valence-corrected chi connectivity index (χ0v) is 40.2. The molecule has 0 spiro atoms. The number of carbonyl (C=O) groups is 2. The Kier molecular flexibility index (Phi) is 17.4. The number of rotatable bonds is 16. The van der Waals surface area contributed by atoms with Crippen LogP contribution in [-0.4, -0.2) is 206 Å². The lowest BCUT2D eigenvalue weighted by Gasteiger charge is -2.40. The van der Waals surface area contributed by atoms with Crippen molar-refractivity contribution in [3.8, 4) is 63.1 Å². The van der Waals surface area contributed by atoms with Crippen LogP contribution in [0.25, 0.3) is 34.4 Å². The van der Waals surface area contributed by atoms with E-state index >= 15 is 0 Å². The van der Waals surface area contributed by atoms with Crippen molar-refractivity contribution in [1.29, 1.82) is 0 Å². The molecule has 3 saturated heterocycles. The van der Waals surface area contributed by atoms with Gasteiger partial charge in [0, 0.05) is 30.4 Å². The summed E-state index contributed by atoms with van der Waals surface area (Å²) in [6.45, 7) is -2.30. The summed E-state index contributed by atoms with van der Waals surface area (Å²) in [5.74, 6) is -6.47. The SMILES string of the molecule is O=C(C=Cc1ccc(O)c(O)c1)OC[C@H]1O[C@@H](Oc2cc(-c3[o+]c4cc(O)cc(O[C@@H]5O[C@H](COC(=O)C=Cc6ccc(O)c(O)c6)[C@@H](O)[C@H](O)[C@H]5O)c4cc3O[C@@H]3O[C@H](CO)[C@@H](O)[C@H](O)[C@H]3O)ccc2O)[C@H](O)[C@@H](O)[C@@H]1O. The molecule has 8 rings (SSSR count). The number of benzene rings is 4. The molecular formula is C51H53O27+. The average Bonchev–Trinajstić information content (AvgIpc) is 3.54. The lowest BCUT2D eigenvalue weighted by molar-refractivity contribution is -0.278. The molecule has 0 radical (unpaired) electrons. The molecule has 15 atom stereocenters. The Morgan fingerprint density at radius 2 is 0.923 bits per heavy atom. The molecule has 78 heavy (non-hydrogen) atoms. The number of phenols is 6. The van der Waals surface area contributed by atoms with E-state index in [1.54, 1.807) is 0 Å². The highest BCUT2D eigenvalue weighted by molar-refractivity contribution is 5.89. The van der Waals surface area contributed by atoms with E-state index in [2.05, 4.69) is 0 Å². The molecule has 0 bridgehead atoms. The van der Waals surface area contributed by atoms with Crippen LogP contribution in [0.4, 0.5) is 0 Å². The van der Waals surface area contributed by atoms with Gasteiger partial charge in [-0.3, -0.25) is 0 Å². The van der Waals surface area contributed by atoms with Crippen molar-refractivity contribution in [2.45, 2.75) is 92.1 Å². The molecule has 0 unspecified atom stereocenters. The smallest absolute Gasteiger partial charge is 0.402 e. The molecule has 27 nitrogen and oxygen atoms in total. The van der Waals surface area contributed by atoms with Crippen molar-refractivity contribution in [2.75, 3.05) is 19.8 Å². The van der Waals surface area contributed by atoms with E-state index in [9.17, 15) is 91.3 Å². The Morgan fingerprint density at radius 3 is 1.41 bits per heavy atom. The number of esters is 2. The van der Waals surface area contributed by atoms with Gasteiger partial charge in [0.25, 0.3) is 0 Å². The third kappa shape index (κ3) is 12.5. The number of fused-ring (bicyclic) bond motifs is 1. The summed E-state index contributed by atoms with van der Waals surface area (Å²) in [7, 11) is 0. The van der Waals surface area contributed by atoms with Crippen LogP contribution < -0.4 is 14.2 Å². The Hall–Kier alpha value is -7.61. The first-order valence-corrected chi connectivity index (χ1v) is 23.5. The Bertz CT molecular complexity index is 3020. The Balaban J connectivity index is 1.06. The second-order valence-corrected chi connectivity index (χ2v) is 18.0. The average molecular weight is 1100 g/mol. The first-order chi connectivity index (χ1) is 37.1. The standard InChI is InChI=1S/C51H52O27/c52-17-34-39(61)42(64)45(67)51(76-34)75-33-16-24-30(14-23(53)15-31(24)73-49-46(68)43(65)40(62)35(77-49)18-70-37(59)9-3-20-1-6-25(54)28(57)11-20)72-48(33)22-5-8-27(56)32(13-22)74-50-47(69)44(66)41(63)36(78-50)19-71-38(60)10-4-21-2-7-26(55)29(58)12-21/h1-16,34-36,39-47,49-52,61-69H,17-19H2,(H5-,53,54,55,56,57,58,59,60)/p+1/t34-,35-,36-,39-,40-,41-,42+,43+,44+,45-,46-,47-,49-,50-,51-/m1/s1. The van der Waals surface area contributed by atoms with Crippen molar-refractivity contribution in [3.63, 3.8) is 0 Å². The minimum atomic E-state index is -2.01. The first-order valence-electron chi connectivity index (χ1n) is 23.5. The van der Waals surface area contributed by atoms with Crippen molar-refractivity contribution in [1.82, 2.24) is 0 Å². The van der Waals surface area contributed by atoms with Gasteiger partial charge >= 0.3 is 23.3 Å². The monoisotopic (exact) mass is 1100 g/mol. The van der Waals surface area contributed by atoms with Gasteiger partial charge in [0.2, 0.25) is 24.6 Å². The van der Waals surface area contributed by atoms with Crippen LogP contribution in [0.2, 0.25) is 0 Å². The molecule has 27 heteroatoms. The van der Waals surface area contributed by atoms with E-state index in [0.29, 0.717) is 11.1 Å². The number of aliphatic hydroxyl groups is 10. The zero-order valence-electron chi connectivity index (χ0n) is 40.2. The third-order valence-corrected chi connectivity index (χ3v) is 12.5. The molecule has 0 saturated carbocycles.